The molecule has 0 radical (unpaired) electrons. The zero-order valence-electron chi connectivity index (χ0n) is 29.9. The lowest BCUT2D eigenvalue weighted by molar-refractivity contribution is 1.07. The molecule has 0 fully saturated rings. The first-order valence-electron chi connectivity index (χ1n) is 18.2. The van der Waals surface area contributed by atoms with Gasteiger partial charge >= 0.3 is 0 Å². The summed E-state index contributed by atoms with van der Waals surface area (Å²) in [6, 6.07) is 58.1. The number of para-hydroxylation sites is 1. The van der Waals surface area contributed by atoms with E-state index in [0.29, 0.717) is 34.4 Å². The van der Waals surface area contributed by atoms with Crippen LogP contribution in [0.15, 0.2) is 176 Å². The number of rotatable bonds is 6. The van der Waals surface area contributed by atoms with E-state index in [9.17, 15) is 0 Å². The van der Waals surface area contributed by atoms with Crippen molar-refractivity contribution in [2.24, 2.45) is 0 Å². The summed E-state index contributed by atoms with van der Waals surface area (Å²) in [6.45, 7) is 8.42. The molecule has 0 atom stereocenters. The van der Waals surface area contributed by atoms with E-state index in [2.05, 4.69) is 23.0 Å². The van der Waals surface area contributed by atoms with Gasteiger partial charge in [-0.2, -0.15) is 0 Å². The van der Waals surface area contributed by atoms with Crippen LogP contribution in [0.5, 0.6) is 0 Å². The van der Waals surface area contributed by atoms with Gasteiger partial charge in [-0.25, -0.2) is 34.7 Å². The number of aromatic nitrogens is 6. The van der Waals surface area contributed by atoms with Crippen LogP contribution < -0.4 is 0 Å². The van der Waals surface area contributed by atoms with Crippen molar-refractivity contribution in [2.75, 3.05) is 0 Å². The van der Waals surface area contributed by atoms with Crippen LogP contribution in [-0.4, -0.2) is 29.9 Å². The minimum Gasteiger partial charge on any atom is -0.248 e. The first-order valence-corrected chi connectivity index (χ1v) is 18.2. The summed E-state index contributed by atoms with van der Waals surface area (Å²) in [7, 11) is 0. The highest BCUT2D eigenvalue weighted by atomic mass is 15.0. The number of benzene rings is 7. The highest BCUT2D eigenvalue weighted by Crippen LogP contribution is 2.43. The highest BCUT2D eigenvalue weighted by Gasteiger charge is 2.22. The Labute approximate surface area is 322 Å². The van der Waals surface area contributed by atoms with E-state index in [0.717, 1.165) is 72.0 Å². The van der Waals surface area contributed by atoms with Crippen LogP contribution in [0.4, 0.5) is 5.69 Å². The maximum Gasteiger partial charge on any atom is 0.199 e. The van der Waals surface area contributed by atoms with Gasteiger partial charge < -0.3 is 0 Å². The van der Waals surface area contributed by atoms with E-state index >= 15 is 0 Å². The lowest BCUT2D eigenvalue weighted by Gasteiger charge is -2.16. The van der Waals surface area contributed by atoms with Gasteiger partial charge in [-0.3, -0.25) is 0 Å². The molecule has 7 nitrogen and oxygen atoms in total. The van der Waals surface area contributed by atoms with Crippen molar-refractivity contribution in [3.05, 3.63) is 187 Å². The summed E-state index contributed by atoms with van der Waals surface area (Å²) in [5.74, 6) is 1.76. The van der Waals surface area contributed by atoms with Crippen molar-refractivity contribution in [1.82, 2.24) is 29.9 Å². The molecule has 7 aromatic carbocycles. The molecule has 0 unspecified atom stereocenters. The molecule has 7 heteroatoms. The summed E-state index contributed by atoms with van der Waals surface area (Å²) in [5.41, 5.74) is 10.3. The van der Waals surface area contributed by atoms with Gasteiger partial charge in [0.1, 0.15) is 0 Å². The Morgan fingerprint density at radius 3 is 1.29 bits per heavy atom. The molecular formula is C49H29N7. The van der Waals surface area contributed by atoms with Gasteiger partial charge in [-0.15, -0.1) is 0 Å². The Balaban J connectivity index is 1.19. The average molecular weight is 716 g/mol. The first kappa shape index (κ1) is 32.7. The van der Waals surface area contributed by atoms with E-state index in [1.54, 1.807) is 0 Å². The maximum absolute atomic E-state index is 8.42. The monoisotopic (exact) mass is 715 g/mol. The molecule has 0 spiro atoms. The number of hydrogen-bond donors (Lipinski definition) is 0. The summed E-state index contributed by atoms with van der Waals surface area (Å²) in [5, 5.41) is 2.49. The smallest absolute Gasteiger partial charge is 0.199 e. The summed E-state index contributed by atoms with van der Waals surface area (Å²) < 4.78 is 0. The zero-order valence-corrected chi connectivity index (χ0v) is 29.9. The number of hydrogen-bond acceptors (Lipinski definition) is 6. The number of nitrogens with zero attached hydrogens (tertiary/aromatic N) is 7. The molecule has 10 aromatic rings. The van der Waals surface area contributed by atoms with Crippen molar-refractivity contribution < 1.29 is 0 Å². The van der Waals surface area contributed by atoms with E-state index < -0.39 is 0 Å². The second-order valence-electron chi connectivity index (χ2n) is 13.4. The minimum absolute atomic E-state index is 0.461. The molecule has 0 bridgehead atoms. The van der Waals surface area contributed by atoms with Crippen LogP contribution >= 0.6 is 0 Å². The van der Waals surface area contributed by atoms with E-state index in [4.69, 9.17) is 36.5 Å². The van der Waals surface area contributed by atoms with E-state index in [-0.39, 0.29) is 0 Å². The molecule has 3 aromatic heterocycles. The van der Waals surface area contributed by atoms with Crippen LogP contribution in [0.25, 0.3) is 105 Å². The predicted molar refractivity (Wildman–Crippen MR) is 225 cm³/mol. The van der Waals surface area contributed by atoms with Gasteiger partial charge in [0.2, 0.25) is 0 Å². The van der Waals surface area contributed by atoms with Crippen molar-refractivity contribution >= 4 is 38.4 Å². The topological polar surface area (TPSA) is 81.7 Å². The number of fused-ring (bicyclic) bond motifs is 5. The zero-order chi connectivity index (χ0) is 37.4. The van der Waals surface area contributed by atoms with Crippen LogP contribution in [0.1, 0.15) is 0 Å². The second kappa shape index (κ2) is 13.8. The van der Waals surface area contributed by atoms with Crippen LogP contribution in [0, 0.1) is 6.57 Å². The van der Waals surface area contributed by atoms with Crippen LogP contribution in [0.2, 0.25) is 0 Å². The van der Waals surface area contributed by atoms with Crippen molar-refractivity contribution in [1.29, 1.82) is 0 Å². The van der Waals surface area contributed by atoms with Crippen LogP contribution in [0.3, 0.4) is 0 Å². The normalized spacial score (nSPS) is 11.2. The molecule has 0 saturated carbocycles. The lowest BCUT2D eigenvalue weighted by atomic mass is 9.96. The van der Waals surface area contributed by atoms with Crippen molar-refractivity contribution in [3.63, 3.8) is 0 Å². The molecule has 0 saturated heterocycles. The van der Waals surface area contributed by atoms with Gasteiger partial charge in [-0.05, 0) is 17.7 Å². The summed E-state index contributed by atoms with van der Waals surface area (Å²) >= 11 is 0. The quantitative estimate of drug-likeness (QED) is 0.126. The molecule has 56 heavy (non-hydrogen) atoms. The fourth-order valence-corrected chi connectivity index (χ4v) is 7.25. The molecular weight excluding hydrogens is 687 g/mol. The third kappa shape index (κ3) is 5.79. The summed E-state index contributed by atoms with van der Waals surface area (Å²) in [6.07, 6.45) is 0. The van der Waals surface area contributed by atoms with Gasteiger partial charge in [0.05, 0.1) is 40.2 Å². The molecule has 0 N–H and O–H groups in total. The van der Waals surface area contributed by atoms with Gasteiger partial charge in [0, 0.05) is 44.0 Å². The van der Waals surface area contributed by atoms with E-state index in [1.165, 1.54) is 0 Å². The molecule has 0 aliphatic rings. The van der Waals surface area contributed by atoms with Crippen molar-refractivity contribution in [2.45, 2.75) is 0 Å². The molecule has 3 heterocycles. The predicted octanol–water partition coefficient (Wildman–Crippen LogP) is 12.1. The van der Waals surface area contributed by atoms with Gasteiger partial charge in [0.15, 0.2) is 23.2 Å². The highest BCUT2D eigenvalue weighted by molar-refractivity contribution is 6.25. The minimum atomic E-state index is 0.461. The Kier molecular flexibility index (Phi) is 8.05. The maximum atomic E-state index is 8.42. The molecule has 0 aliphatic heterocycles. The fourth-order valence-electron chi connectivity index (χ4n) is 7.25. The molecule has 0 amide bonds. The third-order valence-electron chi connectivity index (χ3n) is 9.91. The van der Waals surface area contributed by atoms with Gasteiger partial charge in [-0.1, -0.05) is 164 Å². The Bertz CT molecular complexity index is 3050. The van der Waals surface area contributed by atoms with Gasteiger partial charge in [0.25, 0.3) is 0 Å². The Morgan fingerprint density at radius 1 is 0.339 bits per heavy atom. The molecule has 0 aliphatic carbocycles. The number of pyridine rings is 1. The average Bonchev–Trinajstić information content (AvgIpc) is 3.29. The lowest BCUT2D eigenvalue weighted by Crippen LogP contribution is -2.00. The first-order chi connectivity index (χ1) is 27.7. The van der Waals surface area contributed by atoms with E-state index in [1.807, 2.05) is 158 Å². The Morgan fingerprint density at radius 2 is 0.750 bits per heavy atom. The second-order valence-corrected chi connectivity index (χ2v) is 13.4. The fraction of sp³-hybridized carbons (Fsp3) is 0. The SMILES string of the molecule is [C-]#[N+]c1cc2nc(-c3ccccc3)c(-c3ccccc3)nc2c2c1c(-c1ccc(-c3nc(-c4ccccc4)nc(-c4ccccc4)n3)cc1)nc1ccccc12. The molecule has 260 valence electrons. The Hall–Kier alpha value is -7.95. The van der Waals surface area contributed by atoms with Crippen LogP contribution in [-0.2, 0) is 0 Å². The molecule has 10 rings (SSSR count). The standard InChI is InChI=1S/C49H29N7/c1-50-39-30-40-46(53-45(32-18-8-3-9-19-32)44(52-40)31-16-6-2-7-17-31)41-37-24-14-15-25-38(37)51-43(42(39)41)33-26-28-36(29-27-33)49-55-47(34-20-10-4-11-21-34)54-48(56-49)35-22-12-5-13-23-35/h2-30H. The van der Waals surface area contributed by atoms with Crippen molar-refractivity contribution in [3.8, 4) is 67.9 Å². The third-order valence-corrected chi connectivity index (χ3v) is 9.91. The largest absolute Gasteiger partial charge is 0.248 e. The summed E-state index contributed by atoms with van der Waals surface area (Å²) in [4.78, 5) is 34.7.